The van der Waals surface area contributed by atoms with E-state index in [1.807, 2.05) is 47.4 Å². The summed E-state index contributed by atoms with van der Waals surface area (Å²) in [6, 6.07) is 19.7. The van der Waals surface area contributed by atoms with Crippen molar-refractivity contribution in [1.29, 1.82) is 0 Å². The minimum absolute atomic E-state index is 0.0594. The zero-order chi connectivity index (χ0) is 37.2. The van der Waals surface area contributed by atoms with Gasteiger partial charge in [0.05, 0.1) is 22.3 Å². The standard InChI is InChI=1S/C38H43Cl4N5O5/c1-44(37(49)28-19-29(39)22-30(40)20-28)23-35(43-51-2)32(27-9-10-33(41)34(42)21-27)13-18-45-16-11-31(12-17-45)47-15-6-14-46(38(47)50)24-36(48)52-25-26-7-4-3-5-8-26/h3-5,7-10,19-22,31-32H,6,11-18,23-25H2,1-2H3/b43-35-/t32-/m1/s1. The molecule has 278 valence electrons. The number of nitrogens with zero attached hydrogens (tertiary/aromatic N) is 5. The molecule has 3 amide bonds. The lowest BCUT2D eigenvalue weighted by atomic mass is 9.89. The van der Waals surface area contributed by atoms with Crippen LogP contribution in [0.15, 0.2) is 71.9 Å². The maximum Gasteiger partial charge on any atom is 0.326 e. The Hall–Kier alpha value is -3.54. The van der Waals surface area contributed by atoms with Crippen LogP contribution in [0.2, 0.25) is 20.1 Å². The second kappa shape index (κ2) is 19.0. The molecule has 0 radical (unpaired) electrons. The molecule has 0 N–H and O–H groups in total. The molecule has 10 nitrogen and oxygen atoms in total. The summed E-state index contributed by atoms with van der Waals surface area (Å²) in [6.45, 7) is 3.83. The summed E-state index contributed by atoms with van der Waals surface area (Å²) in [5, 5.41) is 6.00. The predicted molar refractivity (Wildman–Crippen MR) is 206 cm³/mol. The van der Waals surface area contributed by atoms with Crippen LogP contribution >= 0.6 is 46.4 Å². The molecule has 3 aromatic rings. The quantitative estimate of drug-likeness (QED) is 0.0938. The van der Waals surface area contributed by atoms with Gasteiger partial charge in [-0.05, 0) is 73.7 Å². The highest BCUT2D eigenvalue weighted by molar-refractivity contribution is 6.42. The number of carbonyl (C=O) groups is 3. The van der Waals surface area contributed by atoms with Gasteiger partial charge < -0.3 is 29.2 Å². The van der Waals surface area contributed by atoms with Crippen molar-refractivity contribution in [2.45, 2.75) is 44.2 Å². The van der Waals surface area contributed by atoms with E-state index in [1.54, 1.807) is 41.1 Å². The van der Waals surface area contributed by atoms with Crippen LogP contribution < -0.4 is 0 Å². The number of urea groups is 1. The zero-order valence-electron chi connectivity index (χ0n) is 29.3. The first-order valence-electron chi connectivity index (χ1n) is 17.3. The highest BCUT2D eigenvalue weighted by Crippen LogP contribution is 2.31. The monoisotopic (exact) mass is 789 g/mol. The Morgan fingerprint density at radius 2 is 1.63 bits per heavy atom. The van der Waals surface area contributed by atoms with Gasteiger partial charge in [-0.1, -0.05) is 88.0 Å². The van der Waals surface area contributed by atoms with E-state index >= 15 is 0 Å². The molecule has 3 aromatic carbocycles. The minimum atomic E-state index is -0.411. The molecule has 0 spiro atoms. The summed E-state index contributed by atoms with van der Waals surface area (Å²) < 4.78 is 5.44. The fraction of sp³-hybridized carbons (Fsp3) is 0.421. The van der Waals surface area contributed by atoms with Gasteiger partial charge in [-0.3, -0.25) is 9.59 Å². The molecule has 2 aliphatic rings. The van der Waals surface area contributed by atoms with E-state index in [1.165, 1.54) is 7.11 Å². The van der Waals surface area contributed by atoms with Gasteiger partial charge in [0, 0.05) is 60.8 Å². The van der Waals surface area contributed by atoms with Crippen LogP contribution in [0.5, 0.6) is 0 Å². The third-order valence-electron chi connectivity index (χ3n) is 9.45. The van der Waals surface area contributed by atoms with E-state index in [0.717, 1.165) is 50.0 Å². The number of likely N-dealkylation sites (tertiary alicyclic amines) is 1. The molecule has 2 fully saturated rings. The van der Waals surface area contributed by atoms with Crippen molar-refractivity contribution in [3.05, 3.63) is 104 Å². The van der Waals surface area contributed by atoms with Gasteiger partial charge >= 0.3 is 12.0 Å². The Kier molecular flexibility index (Phi) is 14.5. The second-order valence-corrected chi connectivity index (χ2v) is 14.8. The number of benzene rings is 3. The Balaban J connectivity index is 1.19. The maximum atomic E-state index is 13.5. The highest BCUT2D eigenvalue weighted by atomic mass is 35.5. The third-order valence-corrected chi connectivity index (χ3v) is 10.6. The molecule has 0 aliphatic carbocycles. The average Bonchev–Trinajstić information content (AvgIpc) is 3.13. The predicted octanol–water partition coefficient (Wildman–Crippen LogP) is 7.88. The second-order valence-electron chi connectivity index (χ2n) is 13.1. The lowest BCUT2D eigenvalue weighted by Crippen LogP contribution is -2.56. The number of rotatable bonds is 14. The third kappa shape index (κ3) is 10.8. The number of hydrogen-bond acceptors (Lipinski definition) is 7. The van der Waals surface area contributed by atoms with Crippen LogP contribution in [0.25, 0.3) is 0 Å². The Bertz CT molecular complexity index is 1720. The number of piperidine rings is 1. The fourth-order valence-electron chi connectivity index (χ4n) is 6.78. The number of amides is 3. The van der Waals surface area contributed by atoms with E-state index in [4.69, 9.17) is 56.0 Å². The number of esters is 1. The normalized spacial score (nSPS) is 16.5. The van der Waals surface area contributed by atoms with Crippen molar-refractivity contribution in [2.75, 3.05) is 60.0 Å². The maximum absolute atomic E-state index is 13.5. The molecule has 52 heavy (non-hydrogen) atoms. The van der Waals surface area contributed by atoms with Crippen molar-refractivity contribution in [2.24, 2.45) is 5.16 Å². The van der Waals surface area contributed by atoms with Gasteiger partial charge in [0.15, 0.2) is 0 Å². The molecule has 5 rings (SSSR count). The Morgan fingerprint density at radius 3 is 2.31 bits per heavy atom. The number of hydrogen-bond donors (Lipinski definition) is 0. The molecule has 1 atom stereocenters. The molecule has 2 heterocycles. The Labute approximate surface area is 325 Å². The molecule has 14 heteroatoms. The first kappa shape index (κ1) is 39.7. The van der Waals surface area contributed by atoms with E-state index < -0.39 is 5.97 Å². The topological polar surface area (TPSA) is 95.0 Å². The molecule has 2 saturated heterocycles. The SMILES string of the molecule is CO/N=C(/CN(C)C(=O)c1cc(Cl)cc(Cl)c1)[C@H](CCN1CCC(N2CCCN(CC(=O)OCc3ccccc3)C2=O)CC1)c1ccc(Cl)c(Cl)c1. The smallest absolute Gasteiger partial charge is 0.326 e. The van der Waals surface area contributed by atoms with Crippen LogP contribution in [0.3, 0.4) is 0 Å². The van der Waals surface area contributed by atoms with Crippen molar-refractivity contribution < 1.29 is 24.0 Å². The molecule has 0 unspecified atom stereocenters. The minimum Gasteiger partial charge on any atom is -0.459 e. The highest BCUT2D eigenvalue weighted by Gasteiger charge is 2.34. The van der Waals surface area contributed by atoms with E-state index in [9.17, 15) is 14.4 Å². The summed E-state index contributed by atoms with van der Waals surface area (Å²) in [5.74, 6) is -0.922. The van der Waals surface area contributed by atoms with Gasteiger partial charge in [-0.2, -0.15) is 0 Å². The molecule has 0 bridgehead atoms. The summed E-state index contributed by atoms with van der Waals surface area (Å²) in [5.41, 5.74) is 2.81. The van der Waals surface area contributed by atoms with E-state index in [0.29, 0.717) is 50.9 Å². The molecular formula is C38H43Cl4N5O5. The number of carbonyl (C=O) groups excluding carboxylic acids is 3. The zero-order valence-corrected chi connectivity index (χ0v) is 32.3. The van der Waals surface area contributed by atoms with Gasteiger partial charge in [-0.15, -0.1) is 0 Å². The van der Waals surface area contributed by atoms with Crippen LogP contribution in [0.4, 0.5) is 4.79 Å². The number of oxime groups is 1. The Morgan fingerprint density at radius 1 is 0.923 bits per heavy atom. The molecular weight excluding hydrogens is 748 g/mol. The summed E-state index contributed by atoms with van der Waals surface area (Å²) in [7, 11) is 3.17. The summed E-state index contributed by atoms with van der Waals surface area (Å²) in [6.07, 6.45) is 3.09. The van der Waals surface area contributed by atoms with Gasteiger partial charge in [0.1, 0.15) is 20.3 Å². The van der Waals surface area contributed by atoms with E-state index in [-0.39, 0.29) is 43.6 Å². The van der Waals surface area contributed by atoms with Crippen molar-refractivity contribution >= 4 is 70.0 Å². The van der Waals surface area contributed by atoms with Crippen molar-refractivity contribution in [1.82, 2.24) is 19.6 Å². The van der Waals surface area contributed by atoms with Gasteiger partial charge in [-0.25, -0.2) is 4.79 Å². The van der Waals surface area contributed by atoms with Gasteiger partial charge in [0.2, 0.25) is 0 Å². The number of halogens is 4. The van der Waals surface area contributed by atoms with Crippen LogP contribution in [0.1, 0.15) is 53.1 Å². The van der Waals surface area contributed by atoms with Crippen molar-refractivity contribution in [3.8, 4) is 0 Å². The summed E-state index contributed by atoms with van der Waals surface area (Å²) >= 11 is 25.1. The van der Waals surface area contributed by atoms with Crippen LogP contribution in [-0.4, -0.2) is 109 Å². The average molecular weight is 792 g/mol. The summed E-state index contributed by atoms with van der Waals surface area (Å²) in [4.78, 5) is 52.2. The largest absolute Gasteiger partial charge is 0.459 e. The first-order valence-corrected chi connectivity index (χ1v) is 18.8. The first-order chi connectivity index (χ1) is 25.0. The fourth-order valence-corrected chi connectivity index (χ4v) is 7.62. The van der Waals surface area contributed by atoms with E-state index in [2.05, 4.69) is 10.1 Å². The molecule has 0 aromatic heterocycles. The lowest BCUT2D eigenvalue weighted by Gasteiger charge is -2.43. The van der Waals surface area contributed by atoms with Crippen LogP contribution in [-0.2, 0) is 21.0 Å². The lowest BCUT2D eigenvalue weighted by molar-refractivity contribution is -0.146. The van der Waals surface area contributed by atoms with Crippen molar-refractivity contribution in [3.63, 3.8) is 0 Å². The van der Waals surface area contributed by atoms with Gasteiger partial charge in [0.25, 0.3) is 5.91 Å². The molecule has 0 saturated carbocycles. The number of ether oxygens (including phenoxy) is 1. The van der Waals surface area contributed by atoms with Crippen LogP contribution in [0, 0.1) is 0 Å². The molecule has 2 aliphatic heterocycles.